The van der Waals surface area contributed by atoms with E-state index in [0.717, 1.165) is 16.8 Å². The minimum absolute atomic E-state index is 0.130. The van der Waals surface area contributed by atoms with Crippen molar-refractivity contribution in [1.29, 1.82) is 0 Å². The van der Waals surface area contributed by atoms with Crippen molar-refractivity contribution >= 4 is 22.6 Å². The van der Waals surface area contributed by atoms with Crippen LogP contribution in [-0.4, -0.2) is 45.9 Å². The number of benzene rings is 2. The third kappa shape index (κ3) is 4.39. The molecule has 0 aliphatic heterocycles. The molecule has 2 heterocycles. The molecule has 8 nitrogen and oxygen atoms in total. The van der Waals surface area contributed by atoms with E-state index in [2.05, 4.69) is 15.4 Å². The Bertz CT molecular complexity index is 1300. The number of anilines is 1. The van der Waals surface area contributed by atoms with Gasteiger partial charge in [-0.2, -0.15) is 5.10 Å². The molecule has 0 fully saturated rings. The number of carbonyl (C=O) groups is 1. The van der Waals surface area contributed by atoms with Gasteiger partial charge in [-0.05, 0) is 42.3 Å². The number of hydrogen-bond acceptors (Lipinski definition) is 5. The first-order valence-electron chi connectivity index (χ1n) is 10.4. The zero-order chi connectivity index (χ0) is 22.7. The highest BCUT2D eigenvalue weighted by atomic mass is 16.1. The van der Waals surface area contributed by atoms with Gasteiger partial charge in [0, 0.05) is 31.9 Å². The summed E-state index contributed by atoms with van der Waals surface area (Å²) < 4.78 is 3.24. The predicted octanol–water partition coefficient (Wildman–Crippen LogP) is 2.45. The maximum Gasteiger partial charge on any atom is 0.264 e. The van der Waals surface area contributed by atoms with E-state index in [1.807, 2.05) is 62.3 Å². The fourth-order valence-electron chi connectivity index (χ4n) is 3.53. The number of amides is 1. The molecule has 0 unspecified atom stereocenters. The summed E-state index contributed by atoms with van der Waals surface area (Å²) in [5.74, 6) is -0.152. The molecule has 1 N–H and O–H groups in total. The summed E-state index contributed by atoms with van der Waals surface area (Å²) in [7, 11) is 3.91. The molecule has 0 bridgehead atoms. The van der Waals surface area contributed by atoms with Crippen molar-refractivity contribution in [3.63, 3.8) is 0 Å². The molecule has 4 rings (SSSR count). The monoisotopic (exact) mass is 430 g/mol. The van der Waals surface area contributed by atoms with Gasteiger partial charge < -0.3 is 10.2 Å². The summed E-state index contributed by atoms with van der Waals surface area (Å²) in [5.41, 5.74) is 4.21. The molecule has 32 heavy (non-hydrogen) atoms. The lowest BCUT2D eigenvalue weighted by Crippen LogP contribution is -2.28. The van der Waals surface area contributed by atoms with Gasteiger partial charge in [-0.3, -0.25) is 14.2 Å². The molecule has 0 spiro atoms. The Hall–Kier alpha value is -3.94. The van der Waals surface area contributed by atoms with Crippen LogP contribution in [0, 0.1) is 6.92 Å². The lowest BCUT2D eigenvalue weighted by atomic mass is 10.1. The average Bonchev–Trinajstić information content (AvgIpc) is 3.21. The van der Waals surface area contributed by atoms with E-state index in [9.17, 15) is 9.59 Å². The Morgan fingerprint density at radius 1 is 1.09 bits per heavy atom. The molecule has 0 aliphatic rings. The number of nitrogens with one attached hydrogen (secondary N) is 1. The van der Waals surface area contributed by atoms with Gasteiger partial charge in [-0.25, -0.2) is 9.67 Å². The summed E-state index contributed by atoms with van der Waals surface area (Å²) in [6, 6.07) is 15.4. The van der Waals surface area contributed by atoms with Gasteiger partial charge in [0.05, 0.1) is 19.3 Å². The van der Waals surface area contributed by atoms with Gasteiger partial charge in [0.15, 0.2) is 5.65 Å². The maximum absolute atomic E-state index is 12.9. The molecule has 8 heteroatoms. The van der Waals surface area contributed by atoms with Gasteiger partial charge in [0.25, 0.3) is 11.5 Å². The second-order valence-corrected chi connectivity index (χ2v) is 7.91. The van der Waals surface area contributed by atoms with Crippen LogP contribution in [0.5, 0.6) is 0 Å². The third-order valence-corrected chi connectivity index (χ3v) is 5.48. The molecule has 0 saturated carbocycles. The summed E-state index contributed by atoms with van der Waals surface area (Å²) in [6.07, 6.45) is 3.10. The first-order chi connectivity index (χ1) is 15.4. The van der Waals surface area contributed by atoms with Crippen LogP contribution in [0.3, 0.4) is 0 Å². The Kier molecular flexibility index (Phi) is 6.02. The number of aryl methyl sites for hydroxylation is 1. The van der Waals surface area contributed by atoms with Crippen LogP contribution in [0.4, 0.5) is 5.69 Å². The van der Waals surface area contributed by atoms with Gasteiger partial charge >= 0.3 is 0 Å². The van der Waals surface area contributed by atoms with Crippen LogP contribution >= 0.6 is 0 Å². The molecule has 0 atom stereocenters. The van der Waals surface area contributed by atoms with Crippen molar-refractivity contribution < 1.29 is 4.79 Å². The Balaban J connectivity index is 1.43. The standard InChI is InChI=1S/C24H26N6O2/c1-17-6-4-5-7-19(17)15-29-16-26-22-21(24(29)32)14-27-30(22)13-12-25-23(31)18-8-10-20(11-9-18)28(2)3/h4-11,14,16H,12-13,15H2,1-3H3,(H,25,31). The third-order valence-electron chi connectivity index (χ3n) is 5.48. The van der Waals surface area contributed by atoms with Crippen molar-refractivity contribution in [1.82, 2.24) is 24.6 Å². The van der Waals surface area contributed by atoms with Gasteiger partial charge in [-0.1, -0.05) is 24.3 Å². The lowest BCUT2D eigenvalue weighted by Gasteiger charge is -2.12. The summed E-state index contributed by atoms with van der Waals surface area (Å²) >= 11 is 0. The van der Waals surface area contributed by atoms with Crippen LogP contribution in [0.2, 0.25) is 0 Å². The van der Waals surface area contributed by atoms with E-state index < -0.39 is 0 Å². The molecule has 164 valence electrons. The summed E-state index contributed by atoms with van der Waals surface area (Å²) in [4.78, 5) is 31.7. The number of carbonyl (C=O) groups excluding carboxylic acids is 1. The van der Waals surface area contributed by atoms with E-state index in [1.54, 1.807) is 33.9 Å². The Labute approximate surface area is 186 Å². The van der Waals surface area contributed by atoms with Crippen LogP contribution in [0.1, 0.15) is 21.5 Å². The topological polar surface area (TPSA) is 85.1 Å². The minimum atomic E-state index is -0.152. The van der Waals surface area contributed by atoms with Crippen molar-refractivity contribution in [2.45, 2.75) is 20.0 Å². The molecule has 0 saturated heterocycles. The lowest BCUT2D eigenvalue weighted by molar-refractivity contribution is 0.0952. The second-order valence-electron chi connectivity index (χ2n) is 7.91. The van der Waals surface area contributed by atoms with Gasteiger partial charge in [0.2, 0.25) is 0 Å². The molecule has 0 radical (unpaired) electrons. The van der Waals surface area contributed by atoms with Crippen molar-refractivity contribution in [3.8, 4) is 0 Å². The maximum atomic E-state index is 12.9. The van der Waals surface area contributed by atoms with Crippen LogP contribution in [0.25, 0.3) is 11.0 Å². The van der Waals surface area contributed by atoms with Crippen LogP contribution < -0.4 is 15.8 Å². The highest BCUT2D eigenvalue weighted by Crippen LogP contribution is 2.12. The summed E-state index contributed by atoms with van der Waals surface area (Å²) in [5, 5.41) is 7.66. The molecule has 2 aromatic heterocycles. The fraction of sp³-hybridized carbons (Fsp3) is 0.250. The molecule has 0 aliphatic carbocycles. The van der Waals surface area contributed by atoms with E-state index in [1.165, 1.54) is 0 Å². The minimum Gasteiger partial charge on any atom is -0.378 e. The molecular weight excluding hydrogens is 404 g/mol. The Morgan fingerprint density at radius 2 is 1.84 bits per heavy atom. The average molecular weight is 431 g/mol. The van der Waals surface area contributed by atoms with E-state index in [4.69, 9.17) is 0 Å². The van der Waals surface area contributed by atoms with Gasteiger partial charge in [0.1, 0.15) is 11.7 Å². The number of hydrogen-bond donors (Lipinski definition) is 1. The smallest absolute Gasteiger partial charge is 0.264 e. The zero-order valence-corrected chi connectivity index (χ0v) is 18.4. The number of nitrogens with zero attached hydrogens (tertiary/aromatic N) is 5. The van der Waals surface area contributed by atoms with Crippen LogP contribution in [0.15, 0.2) is 65.8 Å². The van der Waals surface area contributed by atoms with Gasteiger partial charge in [-0.15, -0.1) is 0 Å². The molecule has 2 aromatic carbocycles. The summed E-state index contributed by atoms with van der Waals surface area (Å²) in [6.45, 7) is 3.27. The van der Waals surface area contributed by atoms with Crippen molar-refractivity contribution in [2.24, 2.45) is 0 Å². The first-order valence-corrected chi connectivity index (χ1v) is 10.4. The highest BCUT2D eigenvalue weighted by molar-refractivity contribution is 5.94. The second kappa shape index (κ2) is 9.05. The fourth-order valence-corrected chi connectivity index (χ4v) is 3.53. The predicted molar refractivity (Wildman–Crippen MR) is 125 cm³/mol. The SMILES string of the molecule is Cc1ccccc1Cn1cnc2c(cnn2CCNC(=O)c2ccc(N(C)C)cc2)c1=O. The quantitative estimate of drug-likeness (QED) is 0.487. The van der Waals surface area contributed by atoms with E-state index >= 15 is 0 Å². The van der Waals surface area contributed by atoms with Crippen molar-refractivity contribution in [3.05, 3.63) is 88.1 Å². The van der Waals surface area contributed by atoms with Crippen molar-refractivity contribution in [2.75, 3.05) is 25.5 Å². The first kappa shape index (κ1) is 21.3. The molecule has 1 amide bonds. The number of rotatable bonds is 7. The highest BCUT2D eigenvalue weighted by Gasteiger charge is 2.12. The van der Waals surface area contributed by atoms with E-state index in [-0.39, 0.29) is 11.5 Å². The van der Waals surface area contributed by atoms with Crippen LogP contribution in [-0.2, 0) is 13.1 Å². The molecule has 4 aromatic rings. The number of aromatic nitrogens is 4. The number of fused-ring (bicyclic) bond motifs is 1. The zero-order valence-electron chi connectivity index (χ0n) is 18.4. The Morgan fingerprint density at radius 3 is 2.56 bits per heavy atom. The normalized spacial score (nSPS) is 11.0. The largest absolute Gasteiger partial charge is 0.378 e. The van der Waals surface area contributed by atoms with E-state index in [0.29, 0.717) is 36.2 Å². The molecular formula is C24H26N6O2.